The molecule has 7 heteroatoms. The van der Waals surface area contributed by atoms with Gasteiger partial charge in [-0.1, -0.05) is 36.4 Å². The molecule has 2 N–H and O–H groups in total. The van der Waals surface area contributed by atoms with Crippen LogP contribution in [0, 0.1) is 6.92 Å². The van der Waals surface area contributed by atoms with Crippen molar-refractivity contribution in [2.24, 2.45) is 0 Å². The summed E-state index contributed by atoms with van der Waals surface area (Å²) in [7, 11) is 0. The van der Waals surface area contributed by atoms with Crippen molar-refractivity contribution in [3.63, 3.8) is 0 Å². The lowest BCUT2D eigenvalue weighted by atomic mass is 10.1. The summed E-state index contributed by atoms with van der Waals surface area (Å²) in [4.78, 5) is 30.7. The van der Waals surface area contributed by atoms with Crippen molar-refractivity contribution in [3.05, 3.63) is 77.1 Å². The van der Waals surface area contributed by atoms with Crippen LogP contribution in [0.4, 0.5) is 0 Å². The van der Waals surface area contributed by atoms with Crippen LogP contribution in [0.3, 0.4) is 0 Å². The van der Waals surface area contributed by atoms with Crippen LogP contribution in [0.25, 0.3) is 21.4 Å². The van der Waals surface area contributed by atoms with Gasteiger partial charge >= 0.3 is 0 Å². The third-order valence-corrected chi connectivity index (χ3v) is 5.69. The number of benzene rings is 2. The molecular formula is C23H21N3O3S. The van der Waals surface area contributed by atoms with Crippen molar-refractivity contribution in [2.75, 3.05) is 6.54 Å². The van der Waals surface area contributed by atoms with Crippen LogP contribution in [0.15, 0.2) is 65.3 Å². The quantitative estimate of drug-likeness (QED) is 0.485. The lowest BCUT2D eigenvalue weighted by molar-refractivity contribution is 0.0910. The molecule has 2 amide bonds. The Balaban J connectivity index is 1.41. The highest BCUT2D eigenvalue weighted by molar-refractivity contribution is 7.15. The minimum Gasteiger partial charge on any atom is -0.464 e. The molecule has 4 aromatic rings. The molecule has 152 valence electrons. The van der Waals surface area contributed by atoms with Crippen molar-refractivity contribution in [1.82, 2.24) is 15.6 Å². The molecule has 30 heavy (non-hydrogen) atoms. The summed E-state index contributed by atoms with van der Waals surface area (Å²) in [5, 5.41) is 7.39. The van der Waals surface area contributed by atoms with Gasteiger partial charge in [0.15, 0.2) is 0 Å². The molecule has 0 fully saturated rings. The highest BCUT2D eigenvalue weighted by Gasteiger charge is 2.20. The number of carbonyl (C=O) groups excluding carboxylic acids is 2. The molecule has 1 atom stereocenters. The van der Waals surface area contributed by atoms with E-state index in [2.05, 4.69) is 15.6 Å². The van der Waals surface area contributed by atoms with Crippen molar-refractivity contribution in [3.8, 4) is 10.4 Å². The van der Waals surface area contributed by atoms with Gasteiger partial charge in [-0.2, -0.15) is 0 Å². The lowest BCUT2D eigenvalue weighted by Crippen LogP contribution is -2.42. The predicted molar refractivity (Wildman–Crippen MR) is 118 cm³/mol. The number of thiazole rings is 1. The number of nitrogens with one attached hydrogen (secondary N) is 2. The van der Waals surface area contributed by atoms with Crippen LogP contribution in [0.1, 0.15) is 32.8 Å². The molecule has 0 bridgehead atoms. The maximum Gasteiger partial charge on any atom is 0.271 e. The number of amides is 2. The zero-order valence-corrected chi connectivity index (χ0v) is 17.5. The van der Waals surface area contributed by atoms with Crippen molar-refractivity contribution < 1.29 is 14.0 Å². The van der Waals surface area contributed by atoms with E-state index in [1.54, 1.807) is 24.5 Å². The van der Waals surface area contributed by atoms with Gasteiger partial charge in [-0.25, -0.2) is 4.98 Å². The number of fused-ring (bicyclic) bond motifs is 1. The Morgan fingerprint density at radius 3 is 2.67 bits per heavy atom. The van der Waals surface area contributed by atoms with E-state index in [0.29, 0.717) is 23.4 Å². The third kappa shape index (κ3) is 4.11. The van der Waals surface area contributed by atoms with E-state index < -0.39 is 0 Å². The van der Waals surface area contributed by atoms with Crippen LogP contribution in [-0.2, 0) is 0 Å². The fraction of sp³-hybridized carbons (Fsp3) is 0.174. The maximum atomic E-state index is 12.8. The van der Waals surface area contributed by atoms with Crippen molar-refractivity contribution in [2.45, 2.75) is 19.9 Å². The molecule has 2 aromatic heterocycles. The highest BCUT2D eigenvalue weighted by atomic mass is 32.1. The van der Waals surface area contributed by atoms with Gasteiger partial charge in [-0.05, 0) is 37.6 Å². The summed E-state index contributed by atoms with van der Waals surface area (Å²) < 4.78 is 5.34. The van der Waals surface area contributed by atoms with E-state index in [-0.39, 0.29) is 17.9 Å². The van der Waals surface area contributed by atoms with Gasteiger partial charge in [0.1, 0.15) is 11.3 Å². The Morgan fingerprint density at radius 1 is 1.07 bits per heavy atom. The van der Waals surface area contributed by atoms with Gasteiger partial charge in [0, 0.05) is 18.0 Å². The molecule has 0 radical (unpaired) electrons. The first-order valence-electron chi connectivity index (χ1n) is 9.61. The van der Waals surface area contributed by atoms with Gasteiger partial charge in [-0.15, -0.1) is 11.3 Å². The van der Waals surface area contributed by atoms with E-state index >= 15 is 0 Å². The SMILES string of the molecule is Cc1nc(C(=O)N[C@H](C)CNC(=O)c2cccc3occc23)c(-c2ccccc2)s1. The molecule has 0 saturated heterocycles. The van der Waals surface area contributed by atoms with Crippen LogP contribution < -0.4 is 10.6 Å². The summed E-state index contributed by atoms with van der Waals surface area (Å²) in [5.41, 5.74) is 2.57. The van der Waals surface area contributed by atoms with Crippen molar-refractivity contribution in [1.29, 1.82) is 0 Å². The molecule has 2 heterocycles. The summed E-state index contributed by atoms with van der Waals surface area (Å²) in [5.74, 6) is -0.463. The number of aryl methyl sites for hydroxylation is 1. The first kappa shape index (κ1) is 19.8. The number of carbonyl (C=O) groups is 2. The monoisotopic (exact) mass is 419 g/mol. The van der Waals surface area contributed by atoms with Crippen LogP contribution >= 0.6 is 11.3 Å². The van der Waals surface area contributed by atoms with Crippen LogP contribution in [0.2, 0.25) is 0 Å². The maximum absolute atomic E-state index is 12.8. The first-order valence-corrected chi connectivity index (χ1v) is 10.4. The minimum absolute atomic E-state index is 0.211. The summed E-state index contributed by atoms with van der Waals surface area (Å²) >= 11 is 1.49. The van der Waals surface area contributed by atoms with E-state index in [9.17, 15) is 9.59 Å². The standard InChI is InChI=1S/C23H21N3O3S/c1-14(13-24-22(27)18-9-6-10-19-17(18)11-12-29-19)25-23(28)20-21(30-15(2)26-20)16-7-4-3-5-8-16/h3-12,14H,13H2,1-2H3,(H,24,27)(H,25,28)/t14-/m1/s1. The molecule has 0 unspecified atom stereocenters. The molecule has 4 rings (SSSR count). The number of furan rings is 1. The number of rotatable bonds is 6. The second-order valence-corrected chi connectivity index (χ2v) is 8.20. The Kier molecular flexibility index (Phi) is 5.63. The van der Waals surface area contributed by atoms with Gasteiger partial charge < -0.3 is 15.1 Å². The normalized spacial score (nSPS) is 11.9. The van der Waals surface area contributed by atoms with E-state index in [1.165, 1.54) is 11.3 Å². The van der Waals surface area contributed by atoms with E-state index in [1.807, 2.05) is 50.2 Å². The molecule has 6 nitrogen and oxygen atoms in total. The predicted octanol–water partition coefficient (Wildman–Crippen LogP) is 4.41. The molecule has 0 spiro atoms. The molecule has 0 aliphatic carbocycles. The van der Waals surface area contributed by atoms with Gasteiger partial charge in [0.2, 0.25) is 0 Å². The zero-order valence-electron chi connectivity index (χ0n) is 16.6. The third-order valence-electron chi connectivity index (χ3n) is 4.67. The number of hydrogen-bond acceptors (Lipinski definition) is 5. The largest absolute Gasteiger partial charge is 0.464 e. The Bertz CT molecular complexity index is 1200. The zero-order chi connectivity index (χ0) is 21.1. The summed E-state index contributed by atoms with van der Waals surface area (Å²) in [6, 6.07) is 16.6. The number of aromatic nitrogens is 1. The number of hydrogen-bond donors (Lipinski definition) is 2. The smallest absolute Gasteiger partial charge is 0.271 e. The fourth-order valence-electron chi connectivity index (χ4n) is 3.24. The first-order chi connectivity index (χ1) is 14.5. The average Bonchev–Trinajstić information content (AvgIpc) is 3.39. The second-order valence-electron chi connectivity index (χ2n) is 7.00. The molecule has 0 saturated carbocycles. The lowest BCUT2D eigenvalue weighted by Gasteiger charge is -2.15. The van der Waals surface area contributed by atoms with Gasteiger partial charge in [0.05, 0.1) is 21.7 Å². The Morgan fingerprint density at radius 2 is 1.87 bits per heavy atom. The van der Waals surface area contributed by atoms with Crippen LogP contribution in [-0.4, -0.2) is 29.4 Å². The molecule has 0 aliphatic rings. The number of nitrogens with zero attached hydrogens (tertiary/aromatic N) is 1. The van der Waals surface area contributed by atoms with Gasteiger partial charge in [0.25, 0.3) is 11.8 Å². The molecule has 2 aromatic carbocycles. The van der Waals surface area contributed by atoms with E-state index in [4.69, 9.17) is 4.42 Å². The molecule has 0 aliphatic heterocycles. The average molecular weight is 420 g/mol. The molecular weight excluding hydrogens is 398 g/mol. The van der Waals surface area contributed by atoms with Gasteiger partial charge in [-0.3, -0.25) is 9.59 Å². The summed E-state index contributed by atoms with van der Waals surface area (Å²) in [6.07, 6.45) is 1.56. The van der Waals surface area contributed by atoms with E-state index in [0.717, 1.165) is 20.8 Å². The minimum atomic E-state index is -0.268. The summed E-state index contributed by atoms with van der Waals surface area (Å²) in [6.45, 7) is 4.02. The Labute approximate surface area is 177 Å². The highest BCUT2D eigenvalue weighted by Crippen LogP contribution is 2.30. The fourth-order valence-corrected chi connectivity index (χ4v) is 4.16. The second kappa shape index (κ2) is 8.51. The van der Waals surface area contributed by atoms with Crippen LogP contribution in [0.5, 0.6) is 0 Å². The van der Waals surface area contributed by atoms with Crippen molar-refractivity contribution >= 4 is 34.1 Å². The topological polar surface area (TPSA) is 84.2 Å². The Hall–Kier alpha value is -3.45.